The zero-order valence-corrected chi connectivity index (χ0v) is 20.0. The number of alkyl halides is 3. The summed E-state index contributed by atoms with van der Waals surface area (Å²) in [6, 6.07) is 19.1. The normalized spacial score (nSPS) is 11.9. The second-order valence-electron chi connectivity index (χ2n) is 7.28. The number of carbonyl (C=O) groups is 1. The Morgan fingerprint density at radius 3 is 2.56 bits per heavy atom. The fourth-order valence-electron chi connectivity index (χ4n) is 2.91. The number of hydrogen-bond acceptors (Lipinski definition) is 6. The van der Waals surface area contributed by atoms with Gasteiger partial charge in [-0.1, -0.05) is 48.2 Å². The van der Waals surface area contributed by atoms with Gasteiger partial charge in [-0.2, -0.15) is 18.3 Å². The lowest BCUT2D eigenvalue weighted by atomic mass is 10.2. The second kappa shape index (κ2) is 12.6. The number of halogens is 3. The van der Waals surface area contributed by atoms with Gasteiger partial charge in [0.1, 0.15) is 0 Å². The van der Waals surface area contributed by atoms with Crippen LogP contribution in [0, 0.1) is 0 Å². The Balaban J connectivity index is 1.54. The highest BCUT2D eigenvalue weighted by molar-refractivity contribution is 8.13. The summed E-state index contributed by atoms with van der Waals surface area (Å²) >= 11 is 1.36. The molecule has 188 valence electrons. The Hall–Kier alpha value is -3.99. The molecule has 0 saturated carbocycles. The molecule has 0 aliphatic rings. The van der Waals surface area contributed by atoms with Gasteiger partial charge in [-0.05, 0) is 47.5 Å². The topological polar surface area (TPSA) is 98.3 Å². The standard InChI is InChI=1S/C25H23F3N4O3S/c1-34-22-12-18(14-30-32-24(29)36-16-17-6-3-2-4-7-17)10-11-21(22)35-15-23(33)31-20-9-5-8-19(13-20)25(26,27)28/h2-14H,15-16H2,1H3,(H2,29,32)(H,31,33). The quantitative estimate of drug-likeness (QED) is 0.228. The predicted octanol–water partition coefficient (Wildman–Crippen LogP) is 5.31. The van der Waals surface area contributed by atoms with E-state index in [9.17, 15) is 18.0 Å². The number of thioether (sulfide) groups is 1. The van der Waals surface area contributed by atoms with Crippen LogP contribution < -0.4 is 20.5 Å². The number of carbonyl (C=O) groups excluding carboxylic acids is 1. The van der Waals surface area contributed by atoms with Crippen LogP contribution in [0.4, 0.5) is 18.9 Å². The number of benzene rings is 3. The predicted molar refractivity (Wildman–Crippen MR) is 136 cm³/mol. The molecule has 3 aromatic carbocycles. The van der Waals surface area contributed by atoms with E-state index in [-0.39, 0.29) is 11.4 Å². The third kappa shape index (κ3) is 8.35. The number of hydrogen-bond donors (Lipinski definition) is 2. The first kappa shape index (κ1) is 26.6. The summed E-state index contributed by atoms with van der Waals surface area (Å²) in [4.78, 5) is 12.2. The zero-order valence-electron chi connectivity index (χ0n) is 19.2. The zero-order chi connectivity index (χ0) is 26.0. The van der Waals surface area contributed by atoms with Crippen LogP contribution in [0.1, 0.15) is 16.7 Å². The first-order valence-corrected chi connectivity index (χ1v) is 11.5. The average Bonchev–Trinajstić information content (AvgIpc) is 2.87. The third-order valence-corrected chi connectivity index (χ3v) is 5.47. The third-order valence-electron chi connectivity index (χ3n) is 4.61. The van der Waals surface area contributed by atoms with Crippen LogP contribution in [0.15, 0.2) is 83.0 Å². The minimum atomic E-state index is -4.51. The summed E-state index contributed by atoms with van der Waals surface area (Å²) in [6.45, 7) is -0.431. The summed E-state index contributed by atoms with van der Waals surface area (Å²) < 4.78 is 49.3. The fourth-order valence-corrected chi connectivity index (χ4v) is 3.52. The molecule has 0 atom stereocenters. The fraction of sp³-hybridized carbons (Fsp3) is 0.160. The summed E-state index contributed by atoms with van der Waals surface area (Å²) in [5.41, 5.74) is 6.80. The molecular weight excluding hydrogens is 493 g/mol. The molecule has 3 N–H and O–H groups in total. The number of amides is 1. The van der Waals surface area contributed by atoms with Crippen molar-refractivity contribution < 1.29 is 27.4 Å². The molecule has 0 aromatic heterocycles. The SMILES string of the molecule is COc1cc(C=NN=C(N)SCc2ccccc2)ccc1OCC(=O)Nc1cccc(C(F)(F)F)c1. The minimum absolute atomic E-state index is 0.0127. The van der Waals surface area contributed by atoms with E-state index in [1.54, 1.807) is 18.2 Å². The van der Waals surface area contributed by atoms with Crippen molar-refractivity contribution in [2.45, 2.75) is 11.9 Å². The van der Waals surface area contributed by atoms with Gasteiger partial charge >= 0.3 is 6.18 Å². The average molecular weight is 517 g/mol. The van der Waals surface area contributed by atoms with Gasteiger partial charge in [0.15, 0.2) is 23.3 Å². The smallest absolute Gasteiger partial charge is 0.416 e. The largest absolute Gasteiger partial charge is 0.493 e. The Labute approximate surface area is 210 Å². The van der Waals surface area contributed by atoms with Gasteiger partial charge in [-0.25, -0.2) is 0 Å². The molecule has 1 amide bonds. The molecule has 11 heteroatoms. The molecule has 0 unspecified atom stereocenters. The number of amidine groups is 1. The molecule has 0 aliphatic heterocycles. The number of nitrogens with two attached hydrogens (primary N) is 1. The van der Waals surface area contributed by atoms with E-state index in [2.05, 4.69) is 15.5 Å². The second-order valence-corrected chi connectivity index (χ2v) is 8.28. The van der Waals surface area contributed by atoms with Crippen molar-refractivity contribution in [1.82, 2.24) is 0 Å². The molecule has 0 aliphatic carbocycles. The maximum atomic E-state index is 12.8. The van der Waals surface area contributed by atoms with Gasteiger partial charge in [0, 0.05) is 11.4 Å². The Kier molecular flexibility index (Phi) is 9.34. The van der Waals surface area contributed by atoms with E-state index in [4.69, 9.17) is 15.2 Å². The molecule has 7 nitrogen and oxygen atoms in total. The van der Waals surface area contributed by atoms with E-state index in [0.717, 1.165) is 17.7 Å². The van der Waals surface area contributed by atoms with E-state index in [0.29, 0.717) is 22.2 Å². The molecule has 3 rings (SSSR count). The lowest BCUT2D eigenvalue weighted by Gasteiger charge is -2.12. The minimum Gasteiger partial charge on any atom is -0.493 e. The number of nitrogens with zero attached hydrogens (tertiary/aromatic N) is 2. The first-order valence-electron chi connectivity index (χ1n) is 10.6. The van der Waals surface area contributed by atoms with E-state index >= 15 is 0 Å². The highest BCUT2D eigenvalue weighted by Crippen LogP contribution is 2.31. The van der Waals surface area contributed by atoms with Crippen molar-refractivity contribution in [3.05, 3.63) is 89.5 Å². The molecule has 0 radical (unpaired) electrons. The maximum absolute atomic E-state index is 12.8. The van der Waals surface area contributed by atoms with Crippen molar-refractivity contribution in [1.29, 1.82) is 0 Å². The molecule has 3 aromatic rings. The van der Waals surface area contributed by atoms with Crippen LogP contribution in [0.5, 0.6) is 11.5 Å². The first-order chi connectivity index (χ1) is 17.2. The van der Waals surface area contributed by atoms with Crippen molar-refractivity contribution in [3.8, 4) is 11.5 Å². The van der Waals surface area contributed by atoms with Gasteiger partial charge in [0.05, 0.1) is 18.9 Å². The van der Waals surface area contributed by atoms with Gasteiger partial charge in [-0.3, -0.25) is 4.79 Å². The van der Waals surface area contributed by atoms with Crippen molar-refractivity contribution in [2.24, 2.45) is 15.9 Å². The molecule has 0 heterocycles. The van der Waals surface area contributed by atoms with Crippen LogP contribution in [0.3, 0.4) is 0 Å². The summed E-state index contributed by atoms with van der Waals surface area (Å²) in [5, 5.41) is 10.6. The van der Waals surface area contributed by atoms with Gasteiger partial charge in [0.25, 0.3) is 5.91 Å². The number of methoxy groups -OCH3 is 1. The number of anilines is 1. The van der Waals surface area contributed by atoms with Crippen molar-refractivity contribution in [3.63, 3.8) is 0 Å². The maximum Gasteiger partial charge on any atom is 0.416 e. The van der Waals surface area contributed by atoms with E-state index in [1.165, 1.54) is 37.2 Å². The summed E-state index contributed by atoms with van der Waals surface area (Å²) in [7, 11) is 1.43. The molecular formula is C25H23F3N4O3S. The highest BCUT2D eigenvalue weighted by atomic mass is 32.2. The van der Waals surface area contributed by atoms with Crippen LogP contribution >= 0.6 is 11.8 Å². The van der Waals surface area contributed by atoms with Gasteiger partial charge < -0.3 is 20.5 Å². The molecule has 36 heavy (non-hydrogen) atoms. The highest BCUT2D eigenvalue weighted by Gasteiger charge is 2.30. The Morgan fingerprint density at radius 1 is 1.06 bits per heavy atom. The Bertz CT molecular complexity index is 1230. The number of nitrogens with one attached hydrogen (secondary N) is 1. The van der Waals surface area contributed by atoms with Crippen molar-refractivity contribution in [2.75, 3.05) is 19.0 Å². The monoisotopic (exact) mass is 516 g/mol. The van der Waals surface area contributed by atoms with Gasteiger partial charge in [0.2, 0.25) is 0 Å². The summed E-state index contributed by atoms with van der Waals surface area (Å²) in [5.74, 6) is 0.656. The lowest BCUT2D eigenvalue weighted by Crippen LogP contribution is -2.20. The van der Waals surface area contributed by atoms with Crippen LogP contribution in [0.25, 0.3) is 0 Å². The Morgan fingerprint density at radius 2 is 1.83 bits per heavy atom. The summed E-state index contributed by atoms with van der Waals surface area (Å²) in [6.07, 6.45) is -3.02. The van der Waals surface area contributed by atoms with E-state index in [1.807, 2.05) is 30.3 Å². The molecule has 0 bridgehead atoms. The van der Waals surface area contributed by atoms with E-state index < -0.39 is 24.3 Å². The lowest BCUT2D eigenvalue weighted by molar-refractivity contribution is -0.137. The molecule has 0 saturated heterocycles. The molecule has 0 fully saturated rings. The van der Waals surface area contributed by atoms with Crippen LogP contribution in [0.2, 0.25) is 0 Å². The van der Waals surface area contributed by atoms with Crippen LogP contribution in [-0.2, 0) is 16.7 Å². The molecule has 0 spiro atoms. The van der Waals surface area contributed by atoms with Crippen LogP contribution in [-0.4, -0.2) is 31.0 Å². The number of ether oxygens (including phenoxy) is 2. The van der Waals surface area contributed by atoms with Gasteiger partial charge in [-0.15, -0.1) is 5.10 Å². The van der Waals surface area contributed by atoms with Crippen molar-refractivity contribution >= 4 is 34.7 Å². The number of rotatable bonds is 9.